The third-order valence-corrected chi connectivity index (χ3v) is 11.7. The lowest BCUT2D eigenvalue weighted by Gasteiger charge is -2.45. The second kappa shape index (κ2) is 9.93. The van der Waals surface area contributed by atoms with E-state index in [1.807, 2.05) is 42.5 Å². The zero-order valence-corrected chi connectivity index (χ0v) is 26.5. The molecule has 2 heterocycles. The molecule has 2 aliphatic rings. The van der Waals surface area contributed by atoms with E-state index >= 15 is 0 Å². The molecule has 0 N–H and O–H groups in total. The Morgan fingerprint density at radius 2 is 1.13 bits per heavy atom. The standard InChI is InChI=1S/C40H30ClNO2S/c1-39(2)31-17-9-11-19-35(31)42(30-15-7-4-8-16-30)36-23-21-28(25-33(36)39)40(27-13-5-3-6-14-27)32-18-10-12-20-37(32)45(43,44)38-24-22-29(41)26-34(38)40/h3-26H,1-2H3. The molecule has 3 nitrogen and oxygen atoms in total. The highest BCUT2D eigenvalue weighted by molar-refractivity contribution is 7.91. The second-order valence-corrected chi connectivity index (χ2v) is 14.6. The van der Waals surface area contributed by atoms with Crippen LogP contribution in [0, 0.1) is 0 Å². The number of hydrogen-bond acceptors (Lipinski definition) is 3. The zero-order valence-electron chi connectivity index (χ0n) is 24.9. The Balaban J connectivity index is 1.51. The van der Waals surface area contributed by atoms with Gasteiger partial charge in [0.25, 0.3) is 0 Å². The lowest BCUT2D eigenvalue weighted by molar-refractivity contribution is 0.577. The summed E-state index contributed by atoms with van der Waals surface area (Å²) in [4.78, 5) is 2.93. The van der Waals surface area contributed by atoms with E-state index in [-0.39, 0.29) is 10.3 Å². The molecule has 2 aliphatic heterocycles. The molecule has 0 aliphatic carbocycles. The summed E-state index contributed by atoms with van der Waals surface area (Å²) in [6.07, 6.45) is 0. The van der Waals surface area contributed by atoms with Gasteiger partial charge in [-0.3, -0.25) is 0 Å². The molecule has 0 aromatic heterocycles. The SMILES string of the molecule is CC1(C)c2ccccc2N(c2ccccc2)c2ccc(C3(c4ccccc4)c4ccccc4S(=O)(=O)c4ccc(Cl)cc43)cc21. The molecule has 0 fully saturated rings. The van der Waals surface area contributed by atoms with E-state index in [0.717, 1.165) is 39.3 Å². The van der Waals surface area contributed by atoms with E-state index < -0.39 is 15.3 Å². The Kier molecular flexibility index (Phi) is 6.15. The van der Waals surface area contributed by atoms with Crippen molar-refractivity contribution in [2.24, 2.45) is 0 Å². The van der Waals surface area contributed by atoms with Gasteiger partial charge in [-0.25, -0.2) is 8.42 Å². The molecule has 0 saturated carbocycles. The smallest absolute Gasteiger partial charge is 0.207 e. The van der Waals surface area contributed by atoms with E-state index in [1.54, 1.807) is 24.3 Å². The predicted octanol–water partition coefficient (Wildman–Crippen LogP) is 9.98. The van der Waals surface area contributed by atoms with Gasteiger partial charge in [0, 0.05) is 16.1 Å². The predicted molar refractivity (Wildman–Crippen MR) is 182 cm³/mol. The van der Waals surface area contributed by atoms with E-state index in [2.05, 4.69) is 97.6 Å². The lowest BCUT2D eigenvalue weighted by Crippen LogP contribution is -2.38. The number of fused-ring (bicyclic) bond motifs is 4. The fourth-order valence-electron chi connectivity index (χ4n) is 7.57. The van der Waals surface area contributed by atoms with Crippen LogP contribution in [-0.4, -0.2) is 8.42 Å². The molecule has 45 heavy (non-hydrogen) atoms. The van der Waals surface area contributed by atoms with Gasteiger partial charge in [-0.05, 0) is 81.9 Å². The average molecular weight is 624 g/mol. The Labute approximate surface area is 269 Å². The molecule has 0 amide bonds. The number of para-hydroxylation sites is 2. The van der Waals surface area contributed by atoms with Crippen molar-refractivity contribution in [3.8, 4) is 0 Å². The third kappa shape index (κ3) is 3.86. The largest absolute Gasteiger partial charge is 0.310 e. The van der Waals surface area contributed by atoms with Crippen LogP contribution in [0.2, 0.25) is 5.02 Å². The number of nitrogens with zero attached hydrogens (tertiary/aromatic N) is 1. The molecule has 0 bridgehead atoms. The van der Waals surface area contributed by atoms with Gasteiger partial charge in [-0.1, -0.05) is 123 Å². The Bertz CT molecular complexity index is 2230. The molecule has 8 rings (SSSR count). The Hall–Kier alpha value is -4.64. The third-order valence-electron chi connectivity index (χ3n) is 9.60. The van der Waals surface area contributed by atoms with Crippen LogP contribution in [-0.2, 0) is 20.7 Å². The van der Waals surface area contributed by atoms with E-state index in [9.17, 15) is 8.42 Å². The Morgan fingerprint density at radius 3 is 1.89 bits per heavy atom. The molecule has 0 saturated heterocycles. The van der Waals surface area contributed by atoms with Gasteiger partial charge in [-0.2, -0.15) is 0 Å². The van der Waals surface area contributed by atoms with Gasteiger partial charge in [0.1, 0.15) is 0 Å². The van der Waals surface area contributed by atoms with Crippen molar-refractivity contribution < 1.29 is 8.42 Å². The number of halogens is 1. The fraction of sp³-hybridized carbons (Fsp3) is 0.100. The van der Waals surface area contributed by atoms with Crippen molar-refractivity contribution in [3.05, 3.63) is 184 Å². The van der Waals surface area contributed by atoms with Crippen molar-refractivity contribution >= 4 is 38.5 Å². The van der Waals surface area contributed by atoms with Crippen LogP contribution in [0.15, 0.2) is 155 Å². The normalized spacial score (nSPS) is 18.7. The van der Waals surface area contributed by atoms with Crippen LogP contribution in [0.5, 0.6) is 0 Å². The topological polar surface area (TPSA) is 37.4 Å². The highest BCUT2D eigenvalue weighted by Crippen LogP contribution is 2.57. The van der Waals surface area contributed by atoms with Gasteiger partial charge >= 0.3 is 0 Å². The van der Waals surface area contributed by atoms with Crippen molar-refractivity contribution in [1.82, 2.24) is 0 Å². The summed E-state index contributed by atoms with van der Waals surface area (Å²) < 4.78 is 28.4. The van der Waals surface area contributed by atoms with Crippen LogP contribution in [0.1, 0.15) is 47.2 Å². The summed E-state index contributed by atoms with van der Waals surface area (Å²) in [5.41, 5.74) is 7.77. The average Bonchev–Trinajstić information content (AvgIpc) is 3.06. The molecular formula is C40H30ClNO2S. The maximum atomic E-state index is 14.2. The second-order valence-electron chi connectivity index (χ2n) is 12.3. The minimum atomic E-state index is -3.80. The number of hydrogen-bond donors (Lipinski definition) is 0. The lowest BCUT2D eigenvalue weighted by atomic mass is 9.63. The molecule has 5 heteroatoms. The summed E-state index contributed by atoms with van der Waals surface area (Å²) in [6, 6.07) is 48.5. The van der Waals surface area contributed by atoms with Crippen molar-refractivity contribution in [2.45, 2.75) is 34.5 Å². The van der Waals surface area contributed by atoms with Gasteiger partial charge in [-0.15, -0.1) is 0 Å². The van der Waals surface area contributed by atoms with Gasteiger partial charge < -0.3 is 4.90 Å². The van der Waals surface area contributed by atoms with Gasteiger partial charge in [0.05, 0.1) is 26.6 Å². The van der Waals surface area contributed by atoms with Gasteiger partial charge in [0.15, 0.2) is 0 Å². The molecule has 1 unspecified atom stereocenters. The molecule has 6 aromatic rings. The summed E-state index contributed by atoms with van der Waals surface area (Å²) in [5.74, 6) is 0. The summed E-state index contributed by atoms with van der Waals surface area (Å²) in [6.45, 7) is 4.55. The van der Waals surface area contributed by atoms with Gasteiger partial charge in [0.2, 0.25) is 9.84 Å². The quantitative estimate of drug-likeness (QED) is 0.197. The molecule has 1 atom stereocenters. The Morgan fingerprint density at radius 1 is 0.533 bits per heavy atom. The van der Waals surface area contributed by atoms with E-state index in [0.29, 0.717) is 15.5 Å². The first kappa shape index (κ1) is 27.9. The highest BCUT2D eigenvalue weighted by atomic mass is 35.5. The minimum Gasteiger partial charge on any atom is -0.310 e. The first-order chi connectivity index (χ1) is 21.8. The maximum Gasteiger partial charge on any atom is 0.207 e. The summed E-state index contributed by atoms with van der Waals surface area (Å²) in [5, 5.41) is 0.492. The zero-order chi connectivity index (χ0) is 31.0. The van der Waals surface area contributed by atoms with Crippen molar-refractivity contribution in [2.75, 3.05) is 4.90 Å². The molecule has 6 aromatic carbocycles. The molecule has 0 spiro atoms. The summed E-state index contributed by atoms with van der Waals surface area (Å²) >= 11 is 6.70. The van der Waals surface area contributed by atoms with E-state index in [4.69, 9.17) is 11.6 Å². The number of rotatable bonds is 3. The first-order valence-electron chi connectivity index (χ1n) is 15.1. The van der Waals surface area contributed by atoms with Crippen molar-refractivity contribution in [1.29, 1.82) is 0 Å². The minimum absolute atomic E-state index is 0.280. The fourth-order valence-corrected chi connectivity index (χ4v) is 9.50. The first-order valence-corrected chi connectivity index (χ1v) is 16.9. The van der Waals surface area contributed by atoms with Crippen LogP contribution in [0.25, 0.3) is 0 Å². The number of anilines is 3. The summed E-state index contributed by atoms with van der Waals surface area (Å²) in [7, 11) is -3.80. The molecule has 0 radical (unpaired) electrons. The van der Waals surface area contributed by atoms with Crippen LogP contribution >= 0.6 is 11.6 Å². The monoisotopic (exact) mass is 623 g/mol. The van der Waals surface area contributed by atoms with E-state index in [1.165, 1.54) is 5.56 Å². The number of benzene rings is 6. The molecular weight excluding hydrogens is 594 g/mol. The van der Waals surface area contributed by atoms with Crippen LogP contribution < -0.4 is 4.90 Å². The molecule has 220 valence electrons. The van der Waals surface area contributed by atoms with Crippen LogP contribution in [0.3, 0.4) is 0 Å². The number of sulfone groups is 1. The van der Waals surface area contributed by atoms with Crippen LogP contribution in [0.4, 0.5) is 17.1 Å². The highest BCUT2D eigenvalue weighted by Gasteiger charge is 2.49. The van der Waals surface area contributed by atoms with Crippen molar-refractivity contribution in [3.63, 3.8) is 0 Å². The maximum absolute atomic E-state index is 14.2.